The average molecular weight is 248 g/mol. The molecule has 4 nitrogen and oxygen atoms in total. The summed E-state index contributed by atoms with van der Waals surface area (Å²) in [5.74, 6) is 1.51. The topological polar surface area (TPSA) is 52.6 Å². The first-order valence-corrected chi connectivity index (χ1v) is 6.15. The van der Waals surface area contributed by atoms with Gasteiger partial charge in [0.05, 0.1) is 12.2 Å². The maximum Gasteiger partial charge on any atom is 0.203 e. The highest BCUT2D eigenvalue weighted by molar-refractivity contribution is 6.02. The van der Waals surface area contributed by atoms with Gasteiger partial charge in [0.1, 0.15) is 17.3 Å². The summed E-state index contributed by atoms with van der Waals surface area (Å²) < 4.78 is 10.7. The molecule has 2 rings (SSSR count). The molecule has 0 unspecified atom stereocenters. The second kappa shape index (κ2) is 5.67. The quantitative estimate of drug-likeness (QED) is 0.725. The summed E-state index contributed by atoms with van der Waals surface area (Å²) in [5.41, 5.74) is 0.614. The molecule has 0 fully saturated rings. The lowest BCUT2D eigenvalue weighted by Gasteiger charge is -2.06. The van der Waals surface area contributed by atoms with Gasteiger partial charge in [0.2, 0.25) is 5.78 Å². The van der Waals surface area contributed by atoms with E-state index in [1.165, 1.54) is 0 Å². The van der Waals surface area contributed by atoms with E-state index in [2.05, 4.69) is 0 Å². The predicted molar refractivity (Wildman–Crippen MR) is 66.3 cm³/mol. The van der Waals surface area contributed by atoms with Crippen LogP contribution in [0.5, 0.6) is 11.5 Å². The van der Waals surface area contributed by atoms with E-state index in [9.17, 15) is 9.59 Å². The number of benzene rings is 1. The van der Waals surface area contributed by atoms with Crippen LogP contribution in [0.4, 0.5) is 0 Å². The van der Waals surface area contributed by atoms with Gasteiger partial charge in [-0.25, -0.2) is 0 Å². The van der Waals surface area contributed by atoms with E-state index in [1.807, 2.05) is 6.92 Å². The number of ketones is 2. The third-order valence-electron chi connectivity index (χ3n) is 2.88. The Morgan fingerprint density at radius 1 is 1.44 bits per heavy atom. The molecule has 0 aromatic heterocycles. The molecular weight excluding hydrogens is 232 g/mol. The Kier molecular flexibility index (Phi) is 3.97. The number of hydrogen-bond donors (Lipinski definition) is 0. The van der Waals surface area contributed by atoms with Gasteiger partial charge >= 0.3 is 0 Å². The predicted octanol–water partition coefficient (Wildman–Crippen LogP) is 2.40. The van der Waals surface area contributed by atoms with E-state index < -0.39 is 0 Å². The highest BCUT2D eigenvalue weighted by Crippen LogP contribution is 2.29. The van der Waals surface area contributed by atoms with Crippen LogP contribution in [0.15, 0.2) is 18.2 Å². The van der Waals surface area contributed by atoms with Gasteiger partial charge in [0, 0.05) is 18.9 Å². The smallest absolute Gasteiger partial charge is 0.203 e. The molecule has 1 aliphatic heterocycles. The molecule has 0 amide bonds. The lowest BCUT2D eigenvalue weighted by molar-refractivity contribution is -0.118. The molecule has 0 spiro atoms. The monoisotopic (exact) mass is 248 g/mol. The molecule has 18 heavy (non-hydrogen) atoms. The van der Waals surface area contributed by atoms with Gasteiger partial charge in [-0.2, -0.15) is 0 Å². The maximum absolute atomic E-state index is 11.3. The van der Waals surface area contributed by atoms with Gasteiger partial charge in [-0.15, -0.1) is 0 Å². The van der Waals surface area contributed by atoms with E-state index in [0.29, 0.717) is 42.9 Å². The van der Waals surface area contributed by atoms with E-state index >= 15 is 0 Å². The molecule has 1 aliphatic rings. The van der Waals surface area contributed by atoms with Gasteiger partial charge < -0.3 is 9.47 Å². The number of carbonyl (C=O) groups excluding carboxylic acids is 2. The van der Waals surface area contributed by atoms with Crippen molar-refractivity contribution in [3.05, 3.63) is 23.8 Å². The molecule has 0 N–H and O–H groups in total. The van der Waals surface area contributed by atoms with Crippen molar-refractivity contribution in [2.24, 2.45) is 0 Å². The minimum Gasteiger partial charge on any atom is -0.493 e. The summed E-state index contributed by atoms with van der Waals surface area (Å²) in [5, 5.41) is 0. The van der Waals surface area contributed by atoms with E-state index in [-0.39, 0.29) is 18.2 Å². The van der Waals surface area contributed by atoms with Crippen LogP contribution in [0.2, 0.25) is 0 Å². The molecular formula is C14H16O4. The number of fused-ring (bicyclic) bond motifs is 1. The summed E-state index contributed by atoms with van der Waals surface area (Å²) in [4.78, 5) is 22.4. The van der Waals surface area contributed by atoms with Crippen LogP contribution in [0.3, 0.4) is 0 Å². The van der Waals surface area contributed by atoms with Crippen LogP contribution in [0.1, 0.15) is 36.5 Å². The van der Waals surface area contributed by atoms with Crippen molar-refractivity contribution in [2.45, 2.75) is 26.2 Å². The molecule has 0 saturated carbocycles. The van der Waals surface area contributed by atoms with Crippen molar-refractivity contribution in [1.29, 1.82) is 0 Å². The Morgan fingerprint density at radius 3 is 3.06 bits per heavy atom. The van der Waals surface area contributed by atoms with Crippen molar-refractivity contribution in [3.8, 4) is 11.5 Å². The Hall–Kier alpha value is -1.84. The lowest BCUT2D eigenvalue weighted by atomic mass is 10.1. The number of carbonyl (C=O) groups is 2. The molecule has 1 aromatic rings. The van der Waals surface area contributed by atoms with Crippen molar-refractivity contribution in [2.75, 3.05) is 13.2 Å². The van der Waals surface area contributed by atoms with Gasteiger partial charge in [0.25, 0.3) is 0 Å². The molecule has 0 saturated heterocycles. The highest BCUT2D eigenvalue weighted by Gasteiger charge is 2.21. The molecule has 1 heterocycles. The average Bonchev–Trinajstić information content (AvgIpc) is 2.76. The van der Waals surface area contributed by atoms with Crippen LogP contribution in [-0.2, 0) is 4.79 Å². The van der Waals surface area contributed by atoms with E-state index in [1.54, 1.807) is 18.2 Å². The summed E-state index contributed by atoms with van der Waals surface area (Å²) >= 11 is 0. The zero-order valence-corrected chi connectivity index (χ0v) is 10.4. The summed E-state index contributed by atoms with van der Waals surface area (Å²) in [6.07, 6.45) is 1.84. The number of Topliss-reactive ketones (excluding diaryl/α,β-unsaturated/α-hetero) is 2. The van der Waals surface area contributed by atoms with Crippen molar-refractivity contribution >= 4 is 11.6 Å². The zero-order valence-electron chi connectivity index (χ0n) is 10.4. The van der Waals surface area contributed by atoms with Crippen molar-refractivity contribution in [1.82, 2.24) is 0 Å². The van der Waals surface area contributed by atoms with Crippen LogP contribution >= 0.6 is 0 Å². The van der Waals surface area contributed by atoms with Gasteiger partial charge in [-0.3, -0.25) is 9.59 Å². The van der Waals surface area contributed by atoms with E-state index in [0.717, 1.165) is 0 Å². The number of hydrogen-bond acceptors (Lipinski definition) is 4. The molecule has 0 atom stereocenters. The second-order valence-electron chi connectivity index (χ2n) is 4.21. The highest BCUT2D eigenvalue weighted by atomic mass is 16.5. The Labute approximate surface area is 106 Å². The Morgan fingerprint density at radius 2 is 2.28 bits per heavy atom. The summed E-state index contributed by atoms with van der Waals surface area (Å²) in [6, 6.07) is 5.20. The van der Waals surface area contributed by atoms with Crippen LogP contribution in [0.25, 0.3) is 0 Å². The summed E-state index contributed by atoms with van der Waals surface area (Å²) in [7, 11) is 0. The van der Waals surface area contributed by atoms with Gasteiger partial charge in [-0.1, -0.05) is 6.92 Å². The van der Waals surface area contributed by atoms with Crippen LogP contribution < -0.4 is 9.47 Å². The minimum atomic E-state index is 0.00472. The Bertz CT molecular complexity index is 465. The fourth-order valence-electron chi connectivity index (χ4n) is 1.80. The molecule has 96 valence electrons. The standard InChI is InChI=1S/C14H16O4/c1-2-10(15)4-3-7-17-11-5-6-12-13(16)9-18-14(12)8-11/h5-6,8H,2-4,7,9H2,1H3. The third-order valence-corrected chi connectivity index (χ3v) is 2.88. The molecule has 0 aliphatic carbocycles. The first-order chi connectivity index (χ1) is 8.70. The molecule has 4 heteroatoms. The lowest BCUT2D eigenvalue weighted by Crippen LogP contribution is -2.02. The number of ether oxygens (including phenoxy) is 2. The Balaban J connectivity index is 1.84. The van der Waals surface area contributed by atoms with Gasteiger partial charge in [0.15, 0.2) is 6.61 Å². The maximum atomic E-state index is 11.3. The minimum absolute atomic E-state index is 0.00472. The van der Waals surface area contributed by atoms with E-state index in [4.69, 9.17) is 9.47 Å². The molecule has 1 aromatic carbocycles. The fraction of sp³-hybridized carbons (Fsp3) is 0.429. The van der Waals surface area contributed by atoms with Crippen molar-refractivity contribution in [3.63, 3.8) is 0 Å². The SMILES string of the molecule is CCC(=O)CCCOc1ccc2c(c1)OCC2=O. The van der Waals surface area contributed by atoms with Crippen molar-refractivity contribution < 1.29 is 19.1 Å². The fourth-order valence-corrected chi connectivity index (χ4v) is 1.80. The third kappa shape index (κ3) is 2.88. The molecule has 0 radical (unpaired) electrons. The molecule has 0 bridgehead atoms. The second-order valence-corrected chi connectivity index (χ2v) is 4.21. The first kappa shape index (κ1) is 12.6. The van der Waals surface area contributed by atoms with Crippen LogP contribution in [0, 0.1) is 0 Å². The first-order valence-electron chi connectivity index (χ1n) is 6.15. The normalized spacial score (nSPS) is 13.1. The number of rotatable bonds is 6. The van der Waals surface area contributed by atoms with Crippen LogP contribution in [-0.4, -0.2) is 24.8 Å². The summed E-state index contributed by atoms with van der Waals surface area (Å²) in [6.45, 7) is 2.47. The largest absolute Gasteiger partial charge is 0.493 e. The zero-order chi connectivity index (χ0) is 13.0. The van der Waals surface area contributed by atoms with Gasteiger partial charge in [-0.05, 0) is 18.6 Å².